The van der Waals surface area contributed by atoms with Crippen molar-refractivity contribution < 1.29 is 14.3 Å². The van der Waals surface area contributed by atoms with E-state index in [0.29, 0.717) is 31.7 Å². The van der Waals surface area contributed by atoms with Crippen LogP contribution in [0.2, 0.25) is 0 Å². The molecule has 1 aliphatic rings. The van der Waals surface area contributed by atoms with E-state index in [1.54, 1.807) is 25.3 Å². The number of amides is 2. The van der Waals surface area contributed by atoms with Gasteiger partial charge in [-0.3, -0.25) is 9.59 Å². The monoisotopic (exact) mass is 328 g/mol. The Balaban J connectivity index is 1.70. The first-order valence-corrected chi connectivity index (χ1v) is 7.79. The van der Waals surface area contributed by atoms with E-state index in [4.69, 9.17) is 4.74 Å². The van der Waals surface area contributed by atoms with E-state index in [1.807, 2.05) is 28.8 Å². The van der Waals surface area contributed by atoms with E-state index in [2.05, 4.69) is 10.3 Å². The molecule has 1 N–H and O–H groups in total. The molecule has 2 aromatic rings. The molecule has 2 heterocycles. The molecule has 126 valence electrons. The average molecular weight is 328 g/mol. The summed E-state index contributed by atoms with van der Waals surface area (Å²) < 4.78 is 7.06. The second kappa shape index (κ2) is 6.74. The van der Waals surface area contributed by atoms with E-state index in [1.165, 1.54) is 0 Å². The van der Waals surface area contributed by atoms with Gasteiger partial charge in [-0.15, -0.1) is 0 Å². The molecule has 2 amide bonds. The Kier molecular flexibility index (Phi) is 4.50. The van der Waals surface area contributed by atoms with Gasteiger partial charge in [-0.25, -0.2) is 4.98 Å². The number of nitrogens with one attached hydrogen (secondary N) is 1. The molecule has 3 rings (SSSR count). The number of aromatic nitrogens is 2. The van der Waals surface area contributed by atoms with Crippen molar-refractivity contribution in [3.05, 3.63) is 47.5 Å². The molecular formula is C17H20N4O3. The van der Waals surface area contributed by atoms with Crippen LogP contribution in [0.1, 0.15) is 21.9 Å². The predicted molar refractivity (Wildman–Crippen MR) is 87.7 cm³/mol. The van der Waals surface area contributed by atoms with Crippen LogP contribution in [-0.4, -0.2) is 47.0 Å². The molecule has 0 bridgehead atoms. The van der Waals surface area contributed by atoms with Crippen molar-refractivity contribution in [2.75, 3.05) is 20.7 Å². The number of methoxy groups -OCH3 is 1. The molecular weight excluding hydrogens is 308 g/mol. The van der Waals surface area contributed by atoms with Crippen molar-refractivity contribution in [3.63, 3.8) is 0 Å². The molecule has 1 aliphatic heterocycles. The maximum absolute atomic E-state index is 12.5. The summed E-state index contributed by atoms with van der Waals surface area (Å²) in [6, 6.07) is 7.51. The summed E-state index contributed by atoms with van der Waals surface area (Å²) in [5.41, 5.74) is 1.45. The normalized spacial score (nSPS) is 13.3. The zero-order chi connectivity index (χ0) is 17.1. The van der Waals surface area contributed by atoms with Crippen LogP contribution >= 0.6 is 0 Å². The molecule has 0 atom stereocenters. The fraction of sp³-hybridized carbons (Fsp3) is 0.353. The Morgan fingerprint density at radius 3 is 2.92 bits per heavy atom. The highest BCUT2D eigenvalue weighted by atomic mass is 16.5. The van der Waals surface area contributed by atoms with E-state index in [0.717, 1.165) is 17.1 Å². The van der Waals surface area contributed by atoms with Crippen LogP contribution in [0.25, 0.3) is 0 Å². The summed E-state index contributed by atoms with van der Waals surface area (Å²) in [6.07, 6.45) is 1.88. The molecule has 24 heavy (non-hydrogen) atoms. The van der Waals surface area contributed by atoms with Gasteiger partial charge in [0.25, 0.3) is 5.91 Å². The number of ether oxygens (including phenoxy) is 1. The second-order valence-corrected chi connectivity index (χ2v) is 5.63. The lowest BCUT2D eigenvalue weighted by Crippen LogP contribution is -2.40. The van der Waals surface area contributed by atoms with Gasteiger partial charge in [0.15, 0.2) is 0 Å². The minimum absolute atomic E-state index is 0.0407. The molecule has 1 aromatic carbocycles. The molecule has 0 radical (unpaired) electrons. The third kappa shape index (κ3) is 3.10. The van der Waals surface area contributed by atoms with Crippen LogP contribution in [0, 0.1) is 0 Å². The summed E-state index contributed by atoms with van der Waals surface area (Å²) in [7, 11) is 3.20. The Hall–Kier alpha value is -2.83. The topological polar surface area (TPSA) is 76.5 Å². The molecule has 0 fully saturated rings. The Labute approximate surface area is 140 Å². The molecule has 0 spiro atoms. The van der Waals surface area contributed by atoms with Crippen molar-refractivity contribution in [3.8, 4) is 5.75 Å². The molecule has 0 saturated heterocycles. The molecule has 7 nitrogen and oxygen atoms in total. The second-order valence-electron chi connectivity index (χ2n) is 5.63. The van der Waals surface area contributed by atoms with Gasteiger partial charge in [0.05, 0.1) is 26.3 Å². The average Bonchev–Trinajstić information content (AvgIpc) is 3.04. The van der Waals surface area contributed by atoms with Crippen molar-refractivity contribution in [1.29, 1.82) is 0 Å². The quantitative estimate of drug-likeness (QED) is 0.902. The van der Waals surface area contributed by atoms with E-state index in [9.17, 15) is 9.59 Å². The van der Waals surface area contributed by atoms with Crippen LogP contribution in [0.4, 0.5) is 0 Å². The number of hydrogen-bond acceptors (Lipinski definition) is 4. The molecule has 0 saturated carbocycles. The number of carbonyl (C=O) groups is 2. The molecule has 0 aliphatic carbocycles. The minimum atomic E-state index is -0.162. The number of fused-ring (bicyclic) bond motifs is 1. The number of hydrogen-bond donors (Lipinski definition) is 1. The van der Waals surface area contributed by atoms with E-state index < -0.39 is 0 Å². The van der Waals surface area contributed by atoms with Crippen molar-refractivity contribution in [1.82, 2.24) is 19.8 Å². The van der Waals surface area contributed by atoms with Crippen LogP contribution in [0.3, 0.4) is 0 Å². The SMILES string of the molecule is CNC(=O)c1cnc2n1CCN(C(=O)Cc1cccc(OC)c1)C2. The Bertz CT molecular complexity index is 769. The van der Waals surface area contributed by atoms with Crippen LogP contribution in [-0.2, 0) is 24.3 Å². The van der Waals surface area contributed by atoms with Gasteiger partial charge >= 0.3 is 0 Å². The largest absolute Gasteiger partial charge is 0.497 e. The Morgan fingerprint density at radius 1 is 1.33 bits per heavy atom. The summed E-state index contributed by atoms with van der Waals surface area (Å²) in [4.78, 5) is 30.4. The van der Waals surface area contributed by atoms with Crippen molar-refractivity contribution >= 4 is 11.8 Å². The van der Waals surface area contributed by atoms with E-state index in [-0.39, 0.29) is 11.8 Å². The van der Waals surface area contributed by atoms with Gasteiger partial charge in [-0.05, 0) is 17.7 Å². The lowest BCUT2D eigenvalue weighted by Gasteiger charge is -2.28. The minimum Gasteiger partial charge on any atom is -0.497 e. The summed E-state index contributed by atoms with van der Waals surface area (Å²) in [5.74, 6) is 1.35. The van der Waals surface area contributed by atoms with Gasteiger partial charge in [-0.1, -0.05) is 12.1 Å². The lowest BCUT2D eigenvalue weighted by atomic mass is 10.1. The maximum Gasteiger partial charge on any atom is 0.269 e. The summed E-state index contributed by atoms with van der Waals surface area (Å²) >= 11 is 0. The van der Waals surface area contributed by atoms with Crippen LogP contribution in [0.15, 0.2) is 30.5 Å². The lowest BCUT2D eigenvalue weighted by molar-refractivity contribution is -0.132. The Morgan fingerprint density at radius 2 is 2.17 bits per heavy atom. The number of rotatable bonds is 4. The third-order valence-corrected chi connectivity index (χ3v) is 4.17. The highest BCUT2D eigenvalue weighted by Gasteiger charge is 2.25. The fourth-order valence-electron chi connectivity index (χ4n) is 2.85. The van der Waals surface area contributed by atoms with Crippen LogP contribution < -0.4 is 10.1 Å². The third-order valence-electron chi connectivity index (χ3n) is 4.17. The van der Waals surface area contributed by atoms with Crippen molar-refractivity contribution in [2.24, 2.45) is 0 Å². The molecule has 7 heteroatoms. The highest BCUT2D eigenvalue weighted by molar-refractivity contribution is 5.92. The fourth-order valence-corrected chi connectivity index (χ4v) is 2.85. The zero-order valence-corrected chi connectivity index (χ0v) is 13.8. The zero-order valence-electron chi connectivity index (χ0n) is 13.8. The summed E-state index contributed by atoms with van der Waals surface area (Å²) in [5, 5.41) is 2.60. The van der Waals surface area contributed by atoms with Gasteiger partial charge in [0, 0.05) is 20.1 Å². The van der Waals surface area contributed by atoms with Gasteiger partial charge in [0.1, 0.15) is 17.3 Å². The first-order valence-electron chi connectivity index (χ1n) is 7.79. The number of imidazole rings is 1. The van der Waals surface area contributed by atoms with E-state index >= 15 is 0 Å². The number of nitrogens with zero attached hydrogens (tertiary/aromatic N) is 3. The molecule has 0 unspecified atom stereocenters. The summed E-state index contributed by atoms with van der Waals surface area (Å²) in [6.45, 7) is 1.55. The first-order chi connectivity index (χ1) is 11.6. The number of carbonyl (C=O) groups excluding carboxylic acids is 2. The molecule has 1 aromatic heterocycles. The highest BCUT2D eigenvalue weighted by Crippen LogP contribution is 2.17. The van der Waals surface area contributed by atoms with Crippen LogP contribution in [0.5, 0.6) is 5.75 Å². The van der Waals surface area contributed by atoms with Crippen molar-refractivity contribution in [2.45, 2.75) is 19.5 Å². The maximum atomic E-state index is 12.5. The standard InChI is InChI=1S/C17H20N4O3/c1-18-17(23)14-10-19-15-11-20(6-7-21(14)15)16(22)9-12-4-3-5-13(8-12)24-2/h3-5,8,10H,6-7,9,11H2,1-2H3,(H,18,23). The van der Waals surface area contributed by atoms with Gasteiger partial charge < -0.3 is 19.5 Å². The smallest absolute Gasteiger partial charge is 0.269 e. The van der Waals surface area contributed by atoms with Gasteiger partial charge in [0.2, 0.25) is 5.91 Å². The first kappa shape index (κ1) is 16.0. The predicted octanol–water partition coefficient (Wildman–Crippen LogP) is 0.836. The number of benzene rings is 1. The van der Waals surface area contributed by atoms with Gasteiger partial charge in [-0.2, -0.15) is 0 Å².